The maximum atomic E-state index is 13.7. The standard InChI is InChI=1S/C12H12F2N2O3/c1-2-15(7-3-4-7)12(17)8-5-10(14)11(16(18)19)6-9(8)13/h5-7H,2-4H2,1H3. The third-order valence-electron chi connectivity index (χ3n) is 3.05. The van der Waals surface area contributed by atoms with Crippen LogP contribution in [0.4, 0.5) is 14.5 Å². The van der Waals surface area contributed by atoms with Crippen LogP contribution in [-0.2, 0) is 0 Å². The van der Waals surface area contributed by atoms with Crippen molar-refractivity contribution in [3.05, 3.63) is 39.4 Å². The van der Waals surface area contributed by atoms with Crippen molar-refractivity contribution in [2.24, 2.45) is 0 Å². The van der Waals surface area contributed by atoms with Crippen molar-refractivity contribution in [3.63, 3.8) is 0 Å². The predicted molar refractivity (Wildman–Crippen MR) is 62.7 cm³/mol. The number of rotatable bonds is 4. The van der Waals surface area contributed by atoms with Crippen molar-refractivity contribution in [1.29, 1.82) is 0 Å². The van der Waals surface area contributed by atoms with Crippen LogP contribution in [-0.4, -0.2) is 28.3 Å². The van der Waals surface area contributed by atoms with Crippen molar-refractivity contribution in [2.45, 2.75) is 25.8 Å². The Bertz CT molecular complexity index is 544. The number of nitrogens with zero attached hydrogens (tertiary/aromatic N) is 2. The fourth-order valence-corrected chi connectivity index (χ4v) is 1.95. The molecule has 1 aromatic rings. The summed E-state index contributed by atoms with van der Waals surface area (Å²) in [4.78, 5) is 23.0. The van der Waals surface area contributed by atoms with E-state index in [4.69, 9.17) is 0 Å². The molecule has 0 spiro atoms. The third kappa shape index (κ3) is 2.54. The number of carbonyl (C=O) groups excluding carboxylic acids is 1. The summed E-state index contributed by atoms with van der Waals surface area (Å²) in [6.07, 6.45) is 1.69. The largest absolute Gasteiger partial charge is 0.336 e. The van der Waals surface area contributed by atoms with Gasteiger partial charge in [0.1, 0.15) is 5.82 Å². The van der Waals surface area contributed by atoms with Crippen molar-refractivity contribution in [2.75, 3.05) is 6.54 Å². The summed E-state index contributed by atoms with van der Waals surface area (Å²) in [5.41, 5.74) is -1.43. The molecule has 0 aliphatic heterocycles. The first-order chi connectivity index (χ1) is 8.95. The van der Waals surface area contributed by atoms with Crippen molar-refractivity contribution >= 4 is 11.6 Å². The summed E-state index contributed by atoms with van der Waals surface area (Å²) in [5, 5.41) is 10.5. The van der Waals surface area contributed by atoms with Crippen molar-refractivity contribution < 1.29 is 18.5 Å². The molecule has 0 aromatic heterocycles. The van der Waals surface area contributed by atoms with E-state index in [2.05, 4.69) is 0 Å². The topological polar surface area (TPSA) is 63.5 Å². The summed E-state index contributed by atoms with van der Waals surface area (Å²) in [7, 11) is 0. The number of halogens is 2. The molecule has 0 unspecified atom stereocenters. The molecule has 1 amide bonds. The van der Waals surface area contributed by atoms with Crippen LogP contribution in [0.1, 0.15) is 30.1 Å². The molecule has 0 bridgehead atoms. The maximum absolute atomic E-state index is 13.7. The van der Waals surface area contributed by atoms with Gasteiger partial charge >= 0.3 is 5.69 Å². The van der Waals surface area contributed by atoms with E-state index >= 15 is 0 Å². The number of amides is 1. The summed E-state index contributed by atoms with van der Waals surface area (Å²) in [5.74, 6) is -2.91. The van der Waals surface area contributed by atoms with Crippen LogP contribution in [0, 0.1) is 21.7 Å². The molecule has 0 saturated heterocycles. The highest BCUT2D eigenvalue weighted by atomic mass is 19.1. The minimum absolute atomic E-state index is 0.0650. The van der Waals surface area contributed by atoms with Crippen LogP contribution in [0.2, 0.25) is 0 Å². The van der Waals surface area contributed by atoms with Crippen molar-refractivity contribution in [3.8, 4) is 0 Å². The lowest BCUT2D eigenvalue weighted by atomic mass is 10.1. The molecule has 0 atom stereocenters. The van der Waals surface area contributed by atoms with Gasteiger partial charge in [-0.25, -0.2) is 4.39 Å². The lowest BCUT2D eigenvalue weighted by Crippen LogP contribution is -2.33. The fraction of sp³-hybridized carbons (Fsp3) is 0.417. The number of hydrogen-bond acceptors (Lipinski definition) is 3. The first-order valence-electron chi connectivity index (χ1n) is 5.90. The second-order valence-corrected chi connectivity index (χ2v) is 4.36. The van der Waals surface area contributed by atoms with E-state index in [1.807, 2.05) is 0 Å². The zero-order valence-corrected chi connectivity index (χ0v) is 10.2. The van der Waals surface area contributed by atoms with Gasteiger partial charge in [-0.3, -0.25) is 14.9 Å². The van der Waals surface area contributed by atoms with Gasteiger partial charge in [0.2, 0.25) is 5.82 Å². The molecular weight excluding hydrogens is 258 g/mol. The van der Waals surface area contributed by atoms with E-state index in [-0.39, 0.29) is 6.04 Å². The number of nitro groups is 1. The minimum Gasteiger partial charge on any atom is -0.336 e. The van der Waals surface area contributed by atoms with Gasteiger partial charge in [0.25, 0.3) is 5.91 Å². The van der Waals surface area contributed by atoms with Crippen LogP contribution in [0.5, 0.6) is 0 Å². The van der Waals surface area contributed by atoms with E-state index < -0.39 is 33.7 Å². The van der Waals surface area contributed by atoms with Crippen molar-refractivity contribution in [1.82, 2.24) is 4.90 Å². The van der Waals surface area contributed by atoms with Gasteiger partial charge in [-0.1, -0.05) is 0 Å². The molecule has 1 fully saturated rings. The molecule has 0 heterocycles. The van der Waals surface area contributed by atoms with Gasteiger partial charge in [0, 0.05) is 12.6 Å². The monoisotopic (exact) mass is 270 g/mol. The lowest BCUT2D eigenvalue weighted by Gasteiger charge is -2.20. The van der Waals surface area contributed by atoms with E-state index in [0.29, 0.717) is 18.7 Å². The van der Waals surface area contributed by atoms with Gasteiger partial charge in [-0.05, 0) is 25.8 Å². The van der Waals surface area contributed by atoms with Crippen LogP contribution >= 0.6 is 0 Å². The second kappa shape index (κ2) is 4.91. The molecule has 0 radical (unpaired) electrons. The average molecular weight is 270 g/mol. The van der Waals surface area contributed by atoms with E-state index in [1.165, 1.54) is 4.90 Å². The third-order valence-corrected chi connectivity index (χ3v) is 3.05. The van der Waals surface area contributed by atoms with Gasteiger partial charge in [-0.15, -0.1) is 0 Å². The molecule has 5 nitrogen and oxygen atoms in total. The van der Waals surface area contributed by atoms with Gasteiger partial charge in [-0.2, -0.15) is 4.39 Å². The van der Waals surface area contributed by atoms with Gasteiger partial charge < -0.3 is 4.90 Å². The highest BCUT2D eigenvalue weighted by Gasteiger charge is 2.34. The molecule has 1 aliphatic carbocycles. The van der Waals surface area contributed by atoms with E-state index in [1.54, 1.807) is 6.92 Å². The van der Waals surface area contributed by atoms with Gasteiger partial charge in [0.05, 0.1) is 16.6 Å². The van der Waals surface area contributed by atoms with Crippen LogP contribution in [0.3, 0.4) is 0 Å². The van der Waals surface area contributed by atoms with Gasteiger partial charge in [0.15, 0.2) is 0 Å². The molecule has 0 N–H and O–H groups in total. The Kier molecular flexibility index (Phi) is 3.46. The summed E-state index contributed by atoms with van der Waals surface area (Å²) >= 11 is 0. The molecule has 1 saturated carbocycles. The van der Waals surface area contributed by atoms with Crippen LogP contribution < -0.4 is 0 Å². The molecule has 2 rings (SSSR count). The molecule has 1 aliphatic rings. The first kappa shape index (κ1) is 13.4. The minimum atomic E-state index is -1.21. The Morgan fingerprint density at radius 2 is 2.05 bits per heavy atom. The molecule has 102 valence electrons. The fourth-order valence-electron chi connectivity index (χ4n) is 1.95. The number of benzene rings is 1. The summed E-state index contributed by atoms with van der Waals surface area (Å²) in [6, 6.07) is 1.11. The second-order valence-electron chi connectivity index (χ2n) is 4.36. The highest BCUT2D eigenvalue weighted by Crippen LogP contribution is 2.29. The van der Waals surface area contributed by atoms with Crippen LogP contribution in [0.25, 0.3) is 0 Å². The van der Waals surface area contributed by atoms with E-state index in [9.17, 15) is 23.7 Å². The SMILES string of the molecule is CCN(C(=O)c1cc(F)c([N+](=O)[O-])cc1F)C1CC1. The Morgan fingerprint density at radius 3 is 2.53 bits per heavy atom. The van der Waals surface area contributed by atoms with E-state index in [0.717, 1.165) is 12.8 Å². The smallest absolute Gasteiger partial charge is 0.307 e. The first-order valence-corrected chi connectivity index (χ1v) is 5.90. The normalized spacial score (nSPS) is 14.3. The average Bonchev–Trinajstić information content (AvgIpc) is 3.16. The Labute approximate surface area is 108 Å². The predicted octanol–water partition coefficient (Wildman–Crippen LogP) is 2.50. The lowest BCUT2D eigenvalue weighted by molar-refractivity contribution is -0.387. The molecule has 7 heteroatoms. The summed E-state index contributed by atoms with van der Waals surface area (Å²) in [6.45, 7) is 2.14. The maximum Gasteiger partial charge on any atom is 0.307 e. The number of nitro benzene ring substituents is 1. The highest BCUT2D eigenvalue weighted by molar-refractivity contribution is 5.95. The van der Waals surface area contributed by atoms with Crippen LogP contribution in [0.15, 0.2) is 12.1 Å². The summed E-state index contributed by atoms with van der Waals surface area (Å²) < 4.78 is 27.1. The molecular formula is C12H12F2N2O3. The Hall–Kier alpha value is -2.05. The number of hydrogen-bond donors (Lipinski definition) is 0. The molecule has 1 aromatic carbocycles. The number of carbonyl (C=O) groups is 1. The quantitative estimate of drug-likeness (QED) is 0.623. The zero-order valence-electron chi connectivity index (χ0n) is 10.2. The Morgan fingerprint density at radius 1 is 1.42 bits per heavy atom. The Balaban J connectivity index is 2.37. The zero-order chi connectivity index (χ0) is 14.2. The molecule has 19 heavy (non-hydrogen) atoms.